The highest BCUT2D eigenvalue weighted by molar-refractivity contribution is 7.07. The first-order chi connectivity index (χ1) is 15.2. The van der Waals surface area contributed by atoms with Crippen LogP contribution in [0.5, 0.6) is 11.5 Å². The lowest BCUT2D eigenvalue weighted by Crippen LogP contribution is -2.58. The number of nitrogens with zero attached hydrogens (tertiary/aromatic N) is 3. The summed E-state index contributed by atoms with van der Waals surface area (Å²) in [6.07, 6.45) is 1.40. The number of rotatable bonds is 3. The van der Waals surface area contributed by atoms with Crippen molar-refractivity contribution >= 4 is 28.9 Å². The number of aromatic nitrogens is 1. The molecule has 0 fully saturated rings. The fourth-order valence-corrected chi connectivity index (χ4v) is 5.56. The molecule has 0 spiro atoms. The number of phenols is 1. The molecular formula is C22H17N3O6S. The summed E-state index contributed by atoms with van der Waals surface area (Å²) in [6, 6.07) is 10.2. The topological polar surface area (TPSA) is 124 Å². The number of benzene rings is 2. The number of para-hydroxylation sites is 1. The summed E-state index contributed by atoms with van der Waals surface area (Å²) in [5, 5.41) is 21.3. The smallest absolute Gasteiger partial charge is 0.270 e. The molecular weight excluding hydrogens is 434 g/mol. The molecule has 1 N–H and O–H groups in total. The minimum absolute atomic E-state index is 0.143. The molecule has 0 unspecified atom stereocenters. The van der Waals surface area contributed by atoms with Crippen molar-refractivity contribution in [1.82, 2.24) is 4.57 Å². The Hall–Kier alpha value is -3.79. The molecule has 9 nitrogen and oxygen atoms in total. The predicted octanol–water partition coefficient (Wildman–Crippen LogP) is 1.89. The summed E-state index contributed by atoms with van der Waals surface area (Å²) in [6.45, 7) is 3.19. The van der Waals surface area contributed by atoms with Gasteiger partial charge in [-0.1, -0.05) is 29.5 Å². The van der Waals surface area contributed by atoms with Gasteiger partial charge in [0, 0.05) is 23.3 Å². The van der Waals surface area contributed by atoms with Crippen molar-refractivity contribution < 1.29 is 19.6 Å². The van der Waals surface area contributed by atoms with E-state index in [1.165, 1.54) is 35.8 Å². The Balaban J connectivity index is 1.79. The zero-order chi connectivity index (χ0) is 22.8. The molecule has 2 aromatic carbocycles. The van der Waals surface area contributed by atoms with Crippen LogP contribution in [0.4, 0.5) is 5.69 Å². The SMILES string of the molecule is CC(=O)[C@H]1[C@H]2c3ccccc3O[C@]1(C)N=c1s/c(=C\c3cc([N+](=O)[O-])ccc3O)c(=O)n12. The van der Waals surface area contributed by atoms with Gasteiger partial charge in [-0.3, -0.25) is 24.3 Å². The van der Waals surface area contributed by atoms with Gasteiger partial charge < -0.3 is 9.84 Å². The van der Waals surface area contributed by atoms with E-state index < -0.39 is 28.2 Å². The van der Waals surface area contributed by atoms with Gasteiger partial charge in [0.1, 0.15) is 23.2 Å². The molecule has 32 heavy (non-hydrogen) atoms. The van der Waals surface area contributed by atoms with E-state index in [4.69, 9.17) is 4.74 Å². The zero-order valence-corrected chi connectivity index (χ0v) is 17.8. The Morgan fingerprint density at radius 2 is 2.09 bits per heavy atom. The number of carbonyl (C=O) groups is 1. The molecule has 3 heterocycles. The lowest BCUT2D eigenvalue weighted by atomic mass is 9.79. The molecule has 5 rings (SSSR count). The number of hydrogen-bond donors (Lipinski definition) is 1. The van der Waals surface area contributed by atoms with Crippen molar-refractivity contribution in [3.05, 3.63) is 83.4 Å². The minimum atomic E-state index is -1.17. The molecule has 0 aliphatic carbocycles. The van der Waals surface area contributed by atoms with Gasteiger partial charge in [-0.2, -0.15) is 0 Å². The van der Waals surface area contributed by atoms with Crippen molar-refractivity contribution in [3.63, 3.8) is 0 Å². The number of carbonyl (C=O) groups excluding carboxylic acids is 1. The van der Waals surface area contributed by atoms with E-state index in [1.807, 2.05) is 18.2 Å². The number of non-ortho nitro benzene ring substituents is 1. The third kappa shape index (κ3) is 2.87. The number of nitro groups is 1. The quantitative estimate of drug-likeness (QED) is 0.479. The maximum Gasteiger partial charge on any atom is 0.270 e. The maximum atomic E-state index is 13.4. The highest BCUT2D eigenvalue weighted by Crippen LogP contribution is 2.47. The van der Waals surface area contributed by atoms with Gasteiger partial charge in [0.15, 0.2) is 4.80 Å². The Bertz CT molecular complexity index is 1490. The number of ketones is 1. The van der Waals surface area contributed by atoms with Crippen molar-refractivity contribution in [2.45, 2.75) is 25.6 Å². The van der Waals surface area contributed by atoms with Gasteiger partial charge in [0.05, 0.1) is 15.5 Å². The van der Waals surface area contributed by atoms with Crippen molar-refractivity contribution in [2.24, 2.45) is 10.9 Å². The molecule has 162 valence electrons. The standard InChI is InChI=1S/C22H17N3O6S/c1-11(26)18-19-14-5-3-4-6-16(14)31-22(18,2)23-21-24(19)20(28)17(32-21)10-12-9-13(25(29)30)7-8-15(12)27/h3-10,18-19,27H,1-2H3/b17-10-/t18-,19+,22-/m0/s1. The molecule has 3 aromatic rings. The highest BCUT2D eigenvalue weighted by atomic mass is 32.1. The summed E-state index contributed by atoms with van der Waals surface area (Å²) >= 11 is 1.08. The summed E-state index contributed by atoms with van der Waals surface area (Å²) in [4.78, 5) is 41.6. The van der Waals surface area contributed by atoms with E-state index >= 15 is 0 Å². The number of nitro benzene ring substituents is 1. The first kappa shape index (κ1) is 20.1. The normalized spacial score (nSPS) is 23.5. The van der Waals surface area contributed by atoms with E-state index in [0.717, 1.165) is 11.3 Å². The number of Topliss-reactive ketones (excluding diaryl/α,β-unsaturated/α-hetero) is 1. The van der Waals surface area contributed by atoms with Crippen LogP contribution < -0.4 is 19.6 Å². The second-order valence-corrected chi connectivity index (χ2v) is 8.92. The van der Waals surface area contributed by atoms with Gasteiger partial charge >= 0.3 is 0 Å². The maximum absolute atomic E-state index is 13.4. The molecule has 0 saturated heterocycles. The molecule has 3 atom stereocenters. The number of hydrogen-bond acceptors (Lipinski definition) is 8. The van der Waals surface area contributed by atoms with Crippen molar-refractivity contribution in [2.75, 3.05) is 0 Å². The molecule has 1 aromatic heterocycles. The summed E-state index contributed by atoms with van der Waals surface area (Å²) in [7, 11) is 0. The highest BCUT2D eigenvalue weighted by Gasteiger charge is 2.53. The van der Waals surface area contributed by atoms with Crippen LogP contribution in [-0.2, 0) is 4.79 Å². The number of aromatic hydroxyl groups is 1. The Labute approximate surface area is 184 Å². The van der Waals surface area contributed by atoms with Gasteiger partial charge in [0.25, 0.3) is 11.2 Å². The fourth-order valence-electron chi connectivity index (χ4n) is 4.47. The average Bonchev–Trinajstić information content (AvgIpc) is 3.02. The summed E-state index contributed by atoms with van der Waals surface area (Å²) in [5.41, 5.74) is -0.917. The van der Waals surface area contributed by atoms with Crippen LogP contribution >= 0.6 is 11.3 Å². The van der Waals surface area contributed by atoms with Crippen LogP contribution in [0.3, 0.4) is 0 Å². The second kappa shape index (κ2) is 6.86. The summed E-state index contributed by atoms with van der Waals surface area (Å²) in [5.74, 6) is -0.478. The van der Waals surface area contributed by atoms with Gasteiger partial charge in [-0.25, -0.2) is 4.99 Å². The van der Waals surface area contributed by atoms with Crippen molar-refractivity contribution in [1.29, 1.82) is 0 Å². The number of fused-ring (bicyclic) bond motifs is 6. The van der Waals surface area contributed by atoms with E-state index in [1.54, 1.807) is 13.0 Å². The van der Waals surface area contributed by atoms with E-state index in [0.29, 0.717) is 16.1 Å². The Morgan fingerprint density at radius 3 is 2.81 bits per heavy atom. The Morgan fingerprint density at radius 1 is 1.34 bits per heavy atom. The monoisotopic (exact) mass is 451 g/mol. The largest absolute Gasteiger partial charge is 0.507 e. The van der Waals surface area contributed by atoms with Crippen LogP contribution in [0, 0.1) is 16.0 Å². The second-order valence-electron chi connectivity index (χ2n) is 7.91. The molecule has 0 saturated carbocycles. The molecule has 2 aliphatic rings. The molecule has 0 amide bonds. The predicted molar refractivity (Wildman–Crippen MR) is 115 cm³/mol. The number of ether oxygens (including phenoxy) is 1. The van der Waals surface area contributed by atoms with Gasteiger partial charge in [0.2, 0.25) is 5.72 Å². The molecule has 2 aliphatic heterocycles. The van der Waals surface area contributed by atoms with E-state index in [2.05, 4.69) is 4.99 Å². The third-order valence-corrected chi connectivity index (χ3v) is 6.81. The van der Waals surface area contributed by atoms with Gasteiger partial charge in [-0.15, -0.1) is 0 Å². The average molecular weight is 451 g/mol. The lowest BCUT2D eigenvalue weighted by Gasteiger charge is -2.45. The summed E-state index contributed by atoms with van der Waals surface area (Å²) < 4.78 is 7.85. The van der Waals surface area contributed by atoms with Crippen LogP contribution in [0.15, 0.2) is 52.3 Å². The number of thiazole rings is 1. The van der Waals surface area contributed by atoms with Crippen LogP contribution in [-0.4, -0.2) is 26.1 Å². The van der Waals surface area contributed by atoms with Gasteiger partial charge in [-0.05, 0) is 32.1 Å². The van der Waals surface area contributed by atoms with Crippen molar-refractivity contribution in [3.8, 4) is 11.5 Å². The Kier molecular flexibility index (Phi) is 4.31. The first-order valence-electron chi connectivity index (χ1n) is 9.78. The van der Waals surface area contributed by atoms with E-state index in [9.17, 15) is 24.8 Å². The van der Waals surface area contributed by atoms with E-state index in [-0.39, 0.29) is 27.3 Å². The minimum Gasteiger partial charge on any atom is -0.507 e. The first-order valence-corrected chi connectivity index (χ1v) is 10.6. The molecule has 0 radical (unpaired) electrons. The van der Waals surface area contributed by atoms with Crippen LogP contribution in [0.25, 0.3) is 6.08 Å². The van der Waals surface area contributed by atoms with Crippen LogP contribution in [0.1, 0.15) is 31.0 Å². The lowest BCUT2D eigenvalue weighted by molar-refractivity contribution is -0.384. The molecule has 2 bridgehead atoms. The van der Waals surface area contributed by atoms with Crippen LogP contribution in [0.2, 0.25) is 0 Å². The third-order valence-electron chi connectivity index (χ3n) is 5.83. The number of phenolic OH excluding ortho intramolecular Hbond substituents is 1. The molecule has 10 heteroatoms. The zero-order valence-electron chi connectivity index (χ0n) is 17.0. The fraction of sp³-hybridized carbons (Fsp3) is 0.227.